The minimum Gasteiger partial charge on any atom is -0.497 e. The number of hydrogen-bond acceptors (Lipinski definition) is 4. The largest absolute Gasteiger partial charge is 0.497 e. The first-order chi connectivity index (χ1) is 12.6. The number of sulfonamides is 1. The lowest BCUT2D eigenvalue weighted by molar-refractivity contribution is 0.0757. The van der Waals surface area contributed by atoms with Crippen LogP contribution in [0.4, 0.5) is 0 Å². The van der Waals surface area contributed by atoms with Crippen molar-refractivity contribution in [3.05, 3.63) is 77.2 Å². The van der Waals surface area contributed by atoms with Gasteiger partial charge in [0.05, 0.1) is 26.4 Å². The highest BCUT2D eigenvalue weighted by Crippen LogP contribution is 2.23. The Bertz CT molecular complexity index is 832. The van der Waals surface area contributed by atoms with Gasteiger partial charge in [-0.1, -0.05) is 48.5 Å². The summed E-state index contributed by atoms with van der Waals surface area (Å²) in [6.45, 7) is 1.14. The van der Waals surface area contributed by atoms with E-state index in [1.165, 1.54) is 9.71 Å². The van der Waals surface area contributed by atoms with Gasteiger partial charge in [-0.3, -0.25) is 0 Å². The number of benzene rings is 2. The van der Waals surface area contributed by atoms with Crippen LogP contribution in [0.15, 0.2) is 66.1 Å². The Balaban J connectivity index is 1.67. The van der Waals surface area contributed by atoms with Crippen LogP contribution in [0.5, 0.6) is 5.75 Å². The molecular formula is C20H23NO4S. The molecule has 1 atom stereocenters. The zero-order chi connectivity index (χ0) is 18.4. The second kappa shape index (κ2) is 8.49. The van der Waals surface area contributed by atoms with Crippen LogP contribution in [0, 0.1) is 0 Å². The van der Waals surface area contributed by atoms with Crippen molar-refractivity contribution in [1.29, 1.82) is 0 Å². The number of methoxy groups -OCH3 is 1. The maximum absolute atomic E-state index is 12.5. The topological polar surface area (TPSA) is 55.8 Å². The van der Waals surface area contributed by atoms with Crippen LogP contribution in [0.3, 0.4) is 0 Å². The summed E-state index contributed by atoms with van der Waals surface area (Å²) in [5, 5.41) is 1.28. The molecule has 138 valence electrons. The molecule has 0 N–H and O–H groups in total. The molecule has 0 amide bonds. The van der Waals surface area contributed by atoms with Crippen LogP contribution in [-0.4, -0.2) is 32.5 Å². The first-order valence-corrected chi connectivity index (χ1v) is 10.0. The van der Waals surface area contributed by atoms with Crippen molar-refractivity contribution in [3.63, 3.8) is 0 Å². The lowest BCUT2D eigenvalue weighted by atomic mass is 10.1. The molecule has 0 aromatic heterocycles. The van der Waals surface area contributed by atoms with Crippen molar-refractivity contribution in [1.82, 2.24) is 4.31 Å². The van der Waals surface area contributed by atoms with Gasteiger partial charge in [0.25, 0.3) is 0 Å². The second-order valence-corrected chi connectivity index (χ2v) is 7.97. The van der Waals surface area contributed by atoms with E-state index in [1.807, 2.05) is 54.6 Å². The molecule has 26 heavy (non-hydrogen) atoms. The summed E-state index contributed by atoms with van der Waals surface area (Å²) in [6.07, 6.45) is 2.35. The Morgan fingerprint density at radius 3 is 2.46 bits per heavy atom. The third-order valence-electron chi connectivity index (χ3n) is 4.33. The minimum absolute atomic E-state index is 0.212. The second-order valence-electron chi connectivity index (χ2n) is 6.20. The van der Waals surface area contributed by atoms with Gasteiger partial charge in [-0.25, -0.2) is 8.42 Å². The molecule has 0 saturated carbocycles. The van der Waals surface area contributed by atoms with Crippen LogP contribution in [0.25, 0.3) is 0 Å². The molecule has 6 heteroatoms. The van der Waals surface area contributed by atoms with Gasteiger partial charge in [0.15, 0.2) is 0 Å². The fourth-order valence-corrected chi connectivity index (χ4v) is 4.31. The zero-order valence-electron chi connectivity index (χ0n) is 14.7. The van der Waals surface area contributed by atoms with E-state index in [2.05, 4.69) is 0 Å². The predicted octanol–water partition coefficient (Wildman–Crippen LogP) is 3.33. The average Bonchev–Trinajstić information content (AvgIpc) is 2.65. The predicted molar refractivity (Wildman–Crippen MR) is 101 cm³/mol. The van der Waals surface area contributed by atoms with E-state index < -0.39 is 10.0 Å². The molecule has 0 radical (unpaired) electrons. The highest BCUT2D eigenvalue weighted by molar-refractivity contribution is 7.92. The maximum atomic E-state index is 12.5. The Kier molecular flexibility index (Phi) is 6.08. The smallest absolute Gasteiger partial charge is 0.236 e. The molecule has 1 aliphatic heterocycles. The molecule has 2 aromatic rings. The van der Waals surface area contributed by atoms with Crippen LogP contribution >= 0.6 is 0 Å². The standard InChI is InChI=1S/C20H23NO4S/c1-24-20-11-9-17(10-12-20)14-21-19(8-5-13-26(21,22)23)16-25-15-18-6-3-2-4-7-18/h2-7,9-13,19H,8,14-16H2,1H3/t19-/m1/s1. The molecule has 0 bridgehead atoms. The van der Waals surface area contributed by atoms with Gasteiger partial charge in [-0.15, -0.1) is 0 Å². The lowest BCUT2D eigenvalue weighted by Crippen LogP contribution is -2.43. The molecule has 0 aliphatic carbocycles. The third kappa shape index (κ3) is 4.72. The molecule has 3 rings (SSSR count). The highest BCUT2D eigenvalue weighted by atomic mass is 32.2. The summed E-state index contributed by atoms with van der Waals surface area (Å²) in [4.78, 5) is 0. The van der Waals surface area contributed by atoms with Crippen LogP contribution in [0.2, 0.25) is 0 Å². The summed E-state index contributed by atoms with van der Waals surface area (Å²) >= 11 is 0. The Morgan fingerprint density at radius 2 is 1.77 bits per heavy atom. The van der Waals surface area contributed by atoms with Crippen molar-refractivity contribution < 1.29 is 17.9 Å². The maximum Gasteiger partial charge on any atom is 0.236 e. The van der Waals surface area contributed by atoms with Crippen LogP contribution < -0.4 is 4.74 Å². The molecule has 0 fully saturated rings. The molecular weight excluding hydrogens is 350 g/mol. The molecule has 5 nitrogen and oxygen atoms in total. The quantitative estimate of drug-likeness (QED) is 0.747. The summed E-state index contributed by atoms with van der Waals surface area (Å²) in [7, 11) is -1.83. The summed E-state index contributed by atoms with van der Waals surface area (Å²) in [5.74, 6) is 0.748. The first-order valence-electron chi connectivity index (χ1n) is 8.51. The van der Waals surface area contributed by atoms with E-state index in [1.54, 1.807) is 13.2 Å². The lowest BCUT2D eigenvalue weighted by Gasteiger charge is -2.31. The van der Waals surface area contributed by atoms with Gasteiger partial charge in [-0.05, 0) is 29.7 Å². The van der Waals surface area contributed by atoms with Crippen molar-refractivity contribution in [2.45, 2.75) is 25.6 Å². The van der Waals surface area contributed by atoms with Crippen molar-refractivity contribution in [2.75, 3.05) is 13.7 Å². The summed E-state index contributed by atoms with van der Waals surface area (Å²) in [6, 6.07) is 17.1. The molecule has 0 unspecified atom stereocenters. The number of hydrogen-bond donors (Lipinski definition) is 0. The Hall–Kier alpha value is -2.15. The average molecular weight is 373 g/mol. The van der Waals surface area contributed by atoms with Crippen molar-refractivity contribution in [3.8, 4) is 5.75 Å². The monoisotopic (exact) mass is 373 g/mol. The fourth-order valence-electron chi connectivity index (χ4n) is 2.91. The first kappa shape index (κ1) is 18.6. The van der Waals surface area contributed by atoms with E-state index in [9.17, 15) is 8.42 Å². The van der Waals surface area contributed by atoms with E-state index >= 15 is 0 Å². The van der Waals surface area contributed by atoms with E-state index in [4.69, 9.17) is 9.47 Å². The number of nitrogens with zero attached hydrogens (tertiary/aromatic N) is 1. The highest BCUT2D eigenvalue weighted by Gasteiger charge is 2.31. The molecule has 0 saturated heterocycles. The Labute approximate surface area is 154 Å². The van der Waals surface area contributed by atoms with Gasteiger partial charge in [0.1, 0.15) is 5.75 Å². The Morgan fingerprint density at radius 1 is 1.04 bits per heavy atom. The molecule has 1 heterocycles. The van der Waals surface area contributed by atoms with Gasteiger partial charge >= 0.3 is 0 Å². The van der Waals surface area contributed by atoms with Crippen molar-refractivity contribution >= 4 is 10.0 Å². The fraction of sp³-hybridized carbons (Fsp3) is 0.300. The van der Waals surface area contributed by atoms with Gasteiger partial charge in [-0.2, -0.15) is 4.31 Å². The summed E-state index contributed by atoms with van der Waals surface area (Å²) in [5.41, 5.74) is 1.99. The van der Waals surface area contributed by atoms with Crippen LogP contribution in [0.1, 0.15) is 17.5 Å². The molecule has 2 aromatic carbocycles. The summed E-state index contributed by atoms with van der Waals surface area (Å²) < 4.78 is 37.5. The third-order valence-corrected chi connectivity index (χ3v) is 5.95. The normalized spacial score (nSPS) is 19.3. The zero-order valence-corrected chi connectivity index (χ0v) is 15.6. The van der Waals surface area contributed by atoms with Crippen molar-refractivity contribution in [2.24, 2.45) is 0 Å². The van der Waals surface area contributed by atoms with Crippen LogP contribution in [-0.2, 0) is 27.9 Å². The number of ether oxygens (including phenoxy) is 2. The van der Waals surface area contributed by atoms with Gasteiger partial charge in [0.2, 0.25) is 10.0 Å². The SMILES string of the molecule is COc1ccc(CN2[C@@H](COCc3ccccc3)CC=CS2(=O)=O)cc1. The van der Waals surface area contributed by atoms with E-state index in [-0.39, 0.29) is 6.04 Å². The van der Waals surface area contributed by atoms with Gasteiger partial charge in [0, 0.05) is 12.0 Å². The van der Waals surface area contributed by atoms with E-state index in [0.717, 1.165) is 16.9 Å². The number of rotatable bonds is 7. The van der Waals surface area contributed by atoms with E-state index in [0.29, 0.717) is 26.2 Å². The molecule has 0 spiro atoms. The van der Waals surface area contributed by atoms with Gasteiger partial charge < -0.3 is 9.47 Å². The molecule has 1 aliphatic rings. The minimum atomic E-state index is -3.44.